The molecule has 28 heavy (non-hydrogen) atoms. The van der Waals surface area contributed by atoms with E-state index in [1.807, 2.05) is 19.1 Å². The Morgan fingerprint density at radius 3 is 2.00 bits per heavy atom. The van der Waals surface area contributed by atoms with Crippen LogP contribution in [0.1, 0.15) is 37.5 Å². The standard InChI is InChI=1S/C18H25N3O4.3Na/c1-4-21(5-2)11-13-9-12(7-8-15(13)25-6-3)10-14-16(22)19-18(24)20-17(14)23;;;/h7-9H,4-6,10-11H2,1-3H3,(H3,19,20,22,23,24);;;/q;3*+1/p-3. The molecule has 1 aromatic heterocycles. The van der Waals surface area contributed by atoms with Crippen molar-refractivity contribution in [2.24, 2.45) is 0 Å². The molecule has 1 heterocycles. The van der Waals surface area contributed by atoms with Gasteiger partial charge in [-0.25, -0.2) is 0 Å². The predicted octanol–water partition coefficient (Wildman–Crippen LogP) is -8.46. The van der Waals surface area contributed by atoms with Gasteiger partial charge in [-0.2, -0.15) is 0 Å². The van der Waals surface area contributed by atoms with Gasteiger partial charge in [0.1, 0.15) is 5.75 Å². The summed E-state index contributed by atoms with van der Waals surface area (Å²) in [4.78, 5) is 8.68. The zero-order chi connectivity index (χ0) is 18.4. The van der Waals surface area contributed by atoms with Gasteiger partial charge in [0, 0.05) is 12.1 Å². The van der Waals surface area contributed by atoms with Crippen molar-refractivity contribution < 1.29 is 109 Å². The third-order valence-electron chi connectivity index (χ3n) is 4.00. The van der Waals surface area contributed by atoms with E-state index in [9.17, 15) is 15.3 Å². The van der Waals surface area contributed by atoms with E-state index in [2.05, 4.69) is 28.7 Å². The maximum Gasteiger partial charge on any atom is 1.00 e. The summed E-state index contributed by atoms with van der Waals surface area (Å²) in [5.74, 6) is -0.817. The van der Waals surface area contributed by atoms with Crippen LogP contribution in [-0.2, 0) is 13.0 Å². The van der Waals surface area contributed by atoms with Crippen molar-refractivity contribution in [1.82, 2.24) is 14.9 Å². The van der Waals surface area contributed by atoms with E-state index in [1.165, 1.54) is 0 Å². The maximum absolute atomic E-state index is 11.8. The molecule has 10 heteroatoms. The maximum atomic E-state index is 11.8. The molecule has 0 aliphatic carbocycles. The smallest absolute Gasteiger partial charge is 0.858 e. The van der Waals surface area contributed by atoms with E-state index in [4.69, 9.17) is 4.74 Å². The van der Waals surface area contributed by atoms with Gasteiger partial charge in [-0.05, 0) is 55.4 Å². The Labute approximate surface area is 232 Å². The zero-order valence-electron chi connectivity index (χ0n) is 17.7. The van der Waals surface area contributed by atoms with Gasteiger partial charge in [0.2, 0.25) is 0 Å². The largest absolute Gasteiger partial charge is 1.00 e. The van der Waals surface area contributed by atoms with Gasteiger partial charge in [-0.1, -0.05) is 26.0 Å². The van der Waals surface area contributed by atoms with E-state index < -0.39 is 17.8 Å². The van der Waals surface area contributed by atoms with E-state index >= 15 is 0 Å². The zero-order valence-corrected chi connectivity index (χ0v) is 23.7. The fourth-order valence-electron chi connectivity index (χ4n) is 2.63. The fourth-order valence-corrected chi connectivity index (χ4v) is 2.63. The normalized spacial score (nSPS) is 9.86. The van der Waals surface area contributed by atoms with Gasteiger partial charge in [0.15, 0.2) is 0 Å². The first-order chi connectivity index (χ1) is 12.0. The van der Waals surface area contributed by atoms with Crippen LogP contribution >= 0.6 is 0 Å². The molecule has 0 aliphatic heterocycles. The first-order valence-corrected chi connectivity index (χ1v) is 8.37. The summed E-state index contributed by atoms with van der Waals surface area (Å²) in [6, 6.07) is 4.54. The molecule has 0 aliphatic rings. The second kappa shape index (κ2) is 15.3. The Balaban J connectivity index is 0. The summed E-state index contributed by atoms with van der Waals surface area (Å²) in [7, 11) is 0. The van der Waals surface area contributed by atoms with Gasteiger partial charge in [-0.15, -0.1) is 0 Å². The molecular weight excluding hydrogens is 391 g/mol. The van der Waals surface area contributed by atoms with E-state index in [-0.39, 0.29) is 101 Å². The topological polar surface area (TPSA) is 107 Å². The van der Waals surface area contributed by atoms with Crippen molar-refractivity contribution in [3.8, 4) is 23.5 Å². The number of ether oxygens (including phenoxy) is 1. The molecule has 0 radical (unpaired) electrons. The molecule has 2 rings (SSSR count). The van der Waals surface area contributed by atoms with Crippen LogP contribution in [0, 0.1) is 0 Å². The molecule has 7 nitrogen and oxygen atoms in total. The Morgan fingerprint density at radius 2 is 1.50 bits per heavy atom. The first-order valence-electron chi connectivity index (χ1n) is 8.37. The molecule has 0 atom stereocenters. The SMILES string of the molecule is CCOc1ccc(Cc2c([O-])nc([O-])nc2[O-])cc1CN(CC)CC.[Na+].[Na+].[Na+]. The van der Waals surface area contributed by atoms with Crippen molar-refractivity contribution in [3.63, 3.8) is 0 Å². The average molecular weight is 413 g/mol. The van der Waals surface area contributed by atoms with Crippen LogP contribution in [0.4, 0.5) is 0 Å². The second-order valence-corrected chi connectivity index (χ2v) is 5.61. The second-order valence-electron chi connectivity index (χ2n) is 5.61. The third-order valence-corrected chi connectivity index (χ3v) is 4.00. The van der Waals surface area contributed by atoms with E-state index in [0.717, 1.165) is 30.0 Å². The molecule has 136 valence electrons. The predicted molar refractivity (Wildman–Crippen MR) is 87.4 cm³/mol. The van der Waals surface area contributed by atoms with Gasteiger partial charge < -0.3 is 20.1 Å². The van der Waals surface area contributed by atoms with Crippen LogP contribution < -0.4 is 109 Å². The summed E-state index contributed by atoms with van der Waals surface area (Å²) in [6.45, 7) is 9.16. The Kier molecular flexibility index (Phi) is 16.7. The number of benzene rings is 1. The molecule has 0 amide bonds. The number of aromatic nitrogens is 2. The van der Waals surface area contributed by atoms with Crippen LogP contribution in [0.2, 0.25) is 0 Å². The third kappa shape index (κ3) is 8.68. The van der Waals surface area contributed by atoms with E-state index in [0.29, 0.717) is 13.2 Å². The quantitative estimate of drug-likeness (QED) is 0.396. The average Bonchev–Trinajstić information content (AvgIpc) is 2.58. The minimum atomic E-state index is -1.03. The molecule has 0 bridgehead atoms. The summed E-state index contributed by atoms with van der Waals surface area (Å²) in [6.07, 6.45) is 0.0929. The summed E-state index contributed by atoms with van der Waals surface area (Å²) in [5, 5.41) is 34.6. The Morgan fingerprint density at radius 1 is 0.929 bits per heavy atom. The number of hydrogen-bond donors (Lipinski definition) is 0. The van der Waals surface area contributed by atoms with Crippen molar-refractivity contribution in [2.75, 3.05) is 19.7 Å². The molecule has 0 saturated heterocycles. The molecule has 0 fully saturated rings. The summed E-state index contributed by atoms with van der Waals surface area (Å²) in [5.41, 5.74) is 1.68. The molecular formula is C18H22N3Na3O4. The number of nitrogens with zero attached hydrogens (tertiary/aromatic N) is 3. The minimum Gasteiger partial charge on any atom is -0.858 e. The minimum absolute atomic E-state index is 0. The fraction of sp³-hybridized carbons (Fsp3) is 0.444. The van der Waals surface area contributed by atoms with Crippen molar-refractivity contribution in [3.05, 3.63) is 34.9 Å². The van der Waals surface area contributed by atoms with E-state index in [1.54, 1.807) is 6.07 Å². The van der Waals surface area contributed by atoms with Gasteiger partial charge in [0.25, 0.3) is 0 Å². The van der Waals surface area contributed by atoms with Gasteiger partial charge in [0.05, 0.1) is 12.6 Å². The molecule has 2 aromatic rings. The van der Waals surface area contributed by atoms with Gasteiger partial charge in [-0.3, -0.25) is 14.9 Å². The molecule has 0 N–H and O–H groups in total. The number of rotatable bonds is 8. The first kappa shape index (κ1) is 30.7. The van der Waals surface area contributed by atoms with Crippen LogP contribution in [0.5, 0.6) is 23.5 Å². The summed E-state index contributed by atoms with van der Waals surface area (Å²) >= 11 is 0. The van der Waals surface area contributed by atoms with Crippen molar-refractivity contribution in [1.29, 1.82) is 0 Å². The monoisotopic (exact) mass is 413 g/mol. The van der Waals surface area contributed by atoms with Crippen molar-refractivity contribution in [2.45, 2.75) is 33.7 Å². The van der Waals surface area contributed by atoms with Crippen LogP contribution in [0.25, 0.3) is 0 Å². The van der Waals surface area contributed by atoms with Crippen LogP contribution in [0.15, 0.2) is 18.2 Å². The Hall–Kier alpha value is 0.460. The van der Waals surface area contributed by atoms with Crippen molar-refractivity contribution >= 4 is 0 Å². The molecule has 0 unspecified atom stereocenters. The molecule has 0 spiro atoms. The van der Waals surface area contributed by atoms with Crippen LogP contribution in [-0.4, -0.2) is 34.6 Å². The molecule has 1 aromatic carbocycles. The Bertz CT molecular complexity index is 708. The number of hydrogen-bond acceptors (Lipinski definition) is 7. The summed E-state index contributed by atoms with van der Waals surface area (Å²) < 4.78 is 5.68. The van der Waals surface area contributed by atoms with Crippen LogP contribution in [0.3, 0.4) is 0 Å². The van der Waals surface area contributed by atoms with Gasteiger partial charge >= 0.3 is 88.7 Å². The molecule has 0 saturated carbocycles.